The normalized spacial score (nSPS) is 29.5. The van der Waals surface area contributed by atoms with Gasteiger partial charge < -0.3 is 9.73 Å². The van der Waals surface area contributed by atoms with Crippen molar-refractivity contribution in [2.45, 2.75) is 45.2 Å². The van der Waals surface area contributed by atoms with Crippen LogP contribution in [-0.4, -0.2) is 40.5 Å². The Bertz CT molecular complexity index is 585. The molecule has 3 amide bonds. The van der Waals surface area contributed by atoms with Gasteiger partial charge in [0.05, 0.1) is 12.7 Å². The van der Waals surface area contributed by atoms with Gasteiger partial charge in [-0.2, -0.15) is 0 Å². The summed E-state index contributed by atoms with van der Waals surface area (Å²) in [4.78, 5) is 30.0. The van der Waals surface area contributed by atoms with Crippen molar-refractivity contribution in [2.24, 2.45) is 5.92 Å². The number of amides is 3. The summed E-state index contributed by atoms with van der Waals surface area (Å²) in [5.74, 6) is 1.46. The Balaban J connectivity index is 1.66. The predicted molar refractivity (Wildman–Crippen MR) is 79.0 cm³/mol. The first-order valence-corrected chi connectivity index (χ1v) is 7.81. The van der Waals surface area contributed by atoms with E-state index in [0.717, 1.165) is 38.1 Å². The highest BCUT2D eigenvalue weighted by Crippen LogP contribution is 2.30. The molecule has 0 unspecified atom stereocenters. The van der Waals surface area contributed by atoms with Gasteiger partial charge in [0, 0.05) is 18.9 Å². The van der Waals surface area contributed by atoms with E-state index in [1.54, 1.807) is 6.20 Å². The molecule has 0 radical (unpaired) electrons. The van der Waals surface area contributed by atoms with Gasteiger partial charge in [-0.25, -0.2) is 9.78 Å². The number of nitrogens with one attached hydrogen (secondary N) is 2. The van der Waals surface area contributed by atoms with Crippen LogP contribution in [0.3, 0.4) is 0 Å². The number of hydrogen-bond donors (Lipinski definition) is 2. The molecule has 3 rings (SSSR count). The Morgan fingerprint density at radius 3 is 2.95 bits per heavy atom. The zero-order valence-corrected chi connectivity index (χ0v) is 13.0. The van der Waals surface area contributed by atoms with Gasteiger partial charge >= 0.3 is 6.03 Å². The lowest BCUT2D eigenvalue weighted by molar-refractivity contribution is -0.126. The SMILES string of the molecule is CCc1cnc(CN2CCC[C@@H]([C@]3(C)NC(=O)NC3=O)C2)o1. The molecule has 0 spiro atoms. The zero-order chi connectivity index (χ0) is 15.7. The molecule has 0 aliphatic carbocycles. The van der Waals surface area contributed by atoms with Crippen LogP contribution < -0.4 is 10.6 Å². The number of oxazole rings is 1. The van der Waals surface area contributed by atoms with E-state index in [-0.39, 0.29) is 11.8 Å². The quantitative estimate of drug-likeness (QED) is 0.812. The highest BCUT2D eigenvalue weighted by Gasteiger charge is 2.48. The largest absolute Gasteiger partial charge is 0.444 e. The van der Waals surface area contributed by atoms with Gasteiger partial charge in [-0.1, -0.05) is 6.92 Å². The van der Waals surface area contributed by atoms with Crippen molar-refractivity contribution in [1.29, 1.82) is 0 Å². The van der Waals surface area contributed by atoms with Gasteiger partial charge in [-0.05, 0) is 26.3 Å². The number of aryl methyl sites for hydroxylation is 1. The summed E-state index contributed by atoms with van der Waals surface area (Å²) in [5, 5.41) is 5.12. The van der Waals surface area contributed by atoms with Crippen molar-refractivity contribution in [1.82, 2.24) is 20.5 Å². The van der Waals surface area contributed by atoms with Crippen LogP contribution in [0.25, 0.3) is 0 Å². The number of piperidine rings is 1. The average molecular weight is 306 g/mol. The van der Waals surface area contributed by atoms with Gasteiger partial charge in [0.25, 0.3) is 5.91 Å². The third-order valence-corrected chi connectivity index (χ3v) is 4.70. The van der Waals surface area contributed by atoms with E-state index in [9.17, 15) is 9.59 Å². The summed E-state index contributed by atoms with van der Waals surface area (Å²) < 4.78 is 5.66. The summed E-state index contributed by atoms with van der Waals surface area (Å²) in [7, 11) is 0. The number of rotatable bonds is 4. The number of likely N-dealkylation sites (tertiary alicyclic amines) is 1. The molecule has 7 nitrogen and oxygen atoms in total. The maximum atomic E-state index is 12.1. The van der Waals surface area contributed by atoms with E-state index in [1.807, 2.05) is 13.8 Å². The van der Waals surface area contributed by atoms with Gasteiger partial charge in [0.15, 0.2) is 0 Å². The lowest BCUT2D eigenvalue weighted by Gasteiger charge is -2.39. The molecular weight excluding hydrogens is 284 g/mol. The zero-order valence-electron chi connectivity index (χ0n) is 13.0. The lowest BCUT2D eigenvalue weighted by Crippen LogP contribution is -2.55. The molecule has 2 atom stereocenters. The Morgan fingerprint density at radius 1 is 1.50 bits per heavy atom. The van der Waals surface area contributed by atoms with Crippen LogP contribution in [0, 0.1) is 5.92 Å². The van der Waals surface area contributed by atoms with E-state index in [0.29, 0.717) is 12.4 Å². The number of carbonyl (C=O) groups excluding carboxylic acids is 2. The van der Waals surface area contributed by atoms with Crippen LogP contribution >= 0.6 is 0 Å². The van der Waals surface area contributed by atoms with Crippen molar-refractivity contribution in [2.75, 3.05) is 13.1 Å². The third-order valence-electron chi connectivity index (χ3n) is 4.70. The molecule has 2 saturated heterocycles. The van der Waals surface area contributed by atoms with Gasteiger partial charge in [0.1, 0.15) is 11.3 Å². The summed E-state index contributed by atoms with van der Waals surface area (Å²) in [6, 6.07) is -0.398. The number of hydrogen-bond acceptors (Lipinski definition) is 5. The summed E-state index contributed by atoms with van der Waals surface area (Å²) >= 11 is 0. The average Bonchev–Trinajstić information content (AvgIpc) is 3.04. The highest BCUT2D eigenvalue weighted by molar-refractivity contribution is 6.06. The molecule has 2 N–H and O–H groups in total. The molecule has 2 aliphatic heterocycles. The van der Waals surface area contributed by atoms with Crippen LogP contribution in [0.2, 0.25) is 0 Å². The molecule has 1 aromatic rings. The number of aromatic nitrogens is 1. The van der Waals surface area contributed by atoms with Crippen molar-refractivity contribution in [3.8, 4) is 0 Å². The summed E-state index contributed by atoms with van der Waals surface area (Å²) in [6.07, 6.45) is 4.51. The molecule has 3 heterocycles. The fourth-order valence-corrected chi connectivity index (χ4v) is 3.29. The van der Waals surface area contributed by atoms with Crippen molar-refractivity contribution in [3.63, 3.8) is 0 Å². The van der Waals surface area contributed by atoms with Crippen LogP contribution in [-0.2, 0) is 17.8 Å². The van der Waals surface area contributed by atoms with Crippen LogP contribution in [0.15, 0.2) is 10.6 Å². The molecule has 22 heavy (non-hydrogen) atoms. The van der Waals surface area contributed by atoms with E-state index in [1.165, 1.54) is 0 Å². The number of urea groups is 1. The molecule has 0 aromatic carbocycles. The van der Waals surface area contributed by atoms with Crippen LogP contribution in [0.5, 0.6) is 0 Å². The number of nitrogens with zero attached hydrogens (tertiary/aromatic N) is 2. The minimum atomic E-state index is -0.819. The maximum absolute atomic E-state index is 12.1. The first-order chi connectivity index (χ1) is 10.5. The van der Waals surface area contributed by atoms with E-state index < -0.39 is 11.6 Å². The van der Waals surface area contributed by atoms with Crippen LogP contribution in [0.1, 0.15) is 38.3 Å². The van der Waals surface area contributed by atoms with Gasteiger partial charge in [-0.3, -0.25) is 15.0 Å². The van der Waals surface area contributed by atoms with E-state index in [4.69, 9.17) is 4.42 Å². The second-order valence-corrected chi connectivity index (χ2v) is 6.26. The first kappa shape index (κ1) is 15.0. The Hall–Kier alpha value is -1.89. The van der Waals surface area contributed by atoms with Crippen molar-refractivity contribution < 1.29 is 14.0 Å². The molecule has 0 bridgehead atoms. The highest BCUT2D eigenvalue weighted by atomic mass is 16.4. The standard InChI is InChI=1S/C15H22N4O3/c1-3-11-7-16-12(22-11)9-19-6-4-5-10(8-19)15(2)13(20)17-14(21)18-15/h7,10H,3-6,8-9H2,1-2H3,(H2,17,18,20,21)/t10-,15+/m1/s1. The topological polar surface area (TPSA) is 87.5 Å². The summed E-state index contributed by atoms with van der Waals surface area (Å²) in [6.45, 7) is 6.17. The fraction of sp³-hybridized carbons (Fsp3) is 0.667. The Morgan fingerprint density at radius 2 is 2.32 bits per heavy atom. The molecule has 2 aliphatic rings. The molecule has 120 valence electrons. The predicted octanol–water partition coefficient (Wildman–Crippen LogP) is 1.05. The fourth-order valence-electron chi connectivity index (χ4n) is 3.29. The Kier molecular flexibility index (Phi) is 3.90. The van der Waals surface area contributed by atoms with E-state index in [2.05, 4.69) is 20.5 Å². The maximum Gasteiger partial charge on any atom is 0.322 e. The third kappa shape index (κ3) is 2.72. The first-order valence-electron chi connectivity index (χ1n) is 7.81. The Labute approximate surface area is 129 Å². The second kappa shape index (κ2) is 5.72. The van der Waals surface area contributed by atoms with Crippen molar-refractivity contribution in [3.05, 3.63) is 17.8 Å². The van der Waals surface area contributed by atoms with Crippen molar-refractivity contribution >= 4 is 11.9 Å². The smallest absolute Gasteiger partial charge is 0.322 e. The summed E-state index contributed by atoms with van der Waals surface area (Å²) in [5.41, 5.74) is -0.819. The monoisotopic (exact) mass is 306 g/mol. The minimum Gasteiger partial charge on any atom is -0.444 e. The minimum absolute atomic E-state index is 0.0910. The molecule has 7 heteroatoms. The number of imide groups is 1. The molecule has 2 fully saturated rings. The molecule has 0 saturated carbocycles. The van der Waals surface area contributed by atoms with Gasteiger partial charge in [-0.15, -0.1) is 0 Å². The molecular formula is C15H22N4O3. The van der Waals surface area contributed by atoms with E-state index >= 15 is 0 Å². The number of carbonyl (C=O) groups is 2. The van der Waals surface area contributed by atoms with Crippen LogP contribution in [0.4, 0.5) is 4.79 Å². The second-order valence-electron chi connectivity index (χ2n) is 6.26. The van der Waals surface area contributed by atoms with Gasteiger partial charge in [0.2, 0.25) is 5.89 Å². The lowest BCUT2D eigenvalue weighted by atomic mass is 9.80. The molecule has 1 aromatic heterocycles.